The Kier molecular flexibility index (Phi) is 6.21. The summed E-state index contributed by atoms with van der Waals surface area (Å²) in [7, 11) is -2.32. The van der Waals surface area contributed by atoms with Gasteiger partial charge in [-0.2, -0.15) is 13.2 Å². The fraction of sp³-hybridized carbons (Fsp3) is 0.500. The van der Waals surface area contributed by atoms with Crippen LogP contribution in [0.25, 0.3) is 0 Å². The summed E-state index contributed by atoms with van der Waals surface area (Å²) in [6, 6.07) is 3.45. The van der Waals surface area contributed by atoms with Gasteiger partial charge in [0.25, 0.3) is 0 Å². The predicted molar refractivity (Wildman–Crippen MR) is 77.4 cm³/mol. The molecule has 1 atom stereocenters. The second-order valence-electron chi connectivity index (χ2n) is 4.64. The van der Waals surface area contributed by atoms with Gasteiger partial charge < -0.3 is 5.32 Å². The maximum absolute atomic E-state index is 12.3. The number of alkyl halides is 3. The quantitative estimate of drug-likeness (QED) is 0.787. The van der Waals surface area contributed by atoms with E-state index in [2.05, 4.69) is 21.2 Å². The van der Waals surface area contributed by atoms with Gasteiger partial charge >= 0.3 is 6.18 Å². The molecule has 0 radical (unpaired) electrons. The van der Waals surface area contributed by atoms with Gasteiger partial charge in [-0.15, -0.1) is 0 Å². The third-order valence-electron chi connectivity index (χ3n) is 2.56. The summed E-state index contributed by atoms with van der Waals surface area (Å²) >= 11 is 3.11. The summed E-state index contributed by atoms with van der Waals surface area (Å²) in [4.78, 5) is -0.0794. The van der Waals surface area contributed by atoms with Crippen LogP contribution in [0.1, 0.15) is 18.9 Å². The topological polar surface area (TPSA) is 58.2 Å². The van der Waals surface area contributed by atoms with Crippen molar-refractivity contribution in [1.29, 1.82) is 0 Å². The van der Waals surface area contributed by atoms with E-state index in [1.165, 1.54) is 13.0 Å². The van der Waals surface area contributed by atoms with E-state index < -0.39 is 28.7 Å². The first-order chi connectivity index (χ1) is 9.55. The fourth-order valence-electron chi connectivity index (χ4n) is 1.78. The van der Waals surface area contributed by atoms with E-state index in [-0.39, 0.29) is 4.90 Å². The van der Waals surface area contributed by atoms with Crippen LogP contribution in [0.5, 0.6) is 0 Å². The summed E-state index contributed by atoms with van der Waals surface area (Å²) in [5, 5.41) is 2.87. The first kappa shape index (κ1) is 18.4. The van der Waals surface area contributed by atoms with Crippen molar-refractivity contribution in [3.63, 3.8) is 0 Å². The fourth-order valence-corrected chi connectivity index (χ4v) is 4.04. The molecule has 2 N–H and O–H groups in total. The van der Waals surface area contributed by atoms with E-state index in [0.717, 1.165) is 0 Å². The lowest BCUT2D eigenvalue weighted by atomic mass is 10.2. The van der Waals surface area contributed by atoms with Crippen molar-refractivity contribution >= 4 is 26.0 Å². The zero-order chi connectivity index (χ0) is 16.3. The molecule has 1 unspecified atom stereocenters. The molecule has 0 amide bonds. The third kappa shape index (κ3) is 5.93. The molecular weight excluding hydrogens is 373 g/mol. The van der Waals surface area contributed by atoms with Crippen molar-refractivity contribution in [3.8, 4) is 0 Å². The summed E-state index contributed by atoms with van der Waals surface area (Å²) < 4.78 is 63.5. The number of nitrogens with one attached hydrogen (secondary N) is 2. The zero-order valence-corrected chi connectivity index (χ0v) is 13.9. The van der Waals surface area contributed by atoms with E-state index in [9.17, 15) is 21.6 Å². The normalized spacial score (nSPS) is 14.2. The lowest BCUT2D eigenvalue weighted by Gasteiger charge is -2.17. The SMILES string of the molecule is CNCc1ccc(Br)c(S(=O)(=O)NC(C)CC(F)(F)F)c1. The van der Waals surface area contributed by atoms with E-state index in [1.807, 2.05) is 4.72 Å². The van der Waals surface area contributed by atoms with Gasteiger partial charge in [0.2, 0.25) is 10.0 Å². The molecule has 1 aromatic rings. The van der Waals surface area contributed by atoms with Crippen molar-refractivity contribution in [1.82, 2.24) is 10.0 Å². The number of hydrogen-bond acceptors (Lipinski definition) is 3. The molecule has 1 rings (SSSR count). The first-order valence-electron chi connectivity index (χ1n) is 6.07. The standard InChI is InChI=1S/C12H16BrF3N2O2S/c1-8(6-12(14,15)16)18-21(19,20)11-5-9(7-17-2)3-4-10(11)13/h3-5,8,17-18H,6-7H2,1-2H3. The van der Waals surface area contributed by atoms with Crippen LogP contribution in [0.4, 0.5) is 13.2 Å². The molecule has 0 saturated heterocycles. The third-order valence-corrected chi connectivity index (χ3v) is 5.14. The van der Waals surface area contributed by atoms with Crippen molar-refractivity contribution in [2.24, 2.45) is 0 Å². The van der Waals surface area contributed by atoms with Crippen LogP contribution in [0, 0.1) is 0 Å². The van der Waals surface area contributed by atoms with Gasteiger partial charge in [0, 0.05) is 17.1 Å². The first-order valence-corrected chi connectivity index (χ1v) is 8.35. The van der Waals surface area contributed by atoms with E-state index in [0.29, 0.717) is 16.6 Å². The Balaban J connectivity index is 2.99. The summed E-state index contributed by atoms with van der Waals surface area (Å²) in [5.74, 6) is 0. The van der Waals surface area contributed by atoms with Crippen LogP contribution in [-0.2, 0) is 16.6 Å². The lowest BCUT2D eigenvalue weighted by molar-refractivity contribution is -0.137. The Labute approximate surface area is 130 Å². The van der Waals surface area contributed by atoms with Crippen LogP contribution >= 0.6 is 15.9 Å². The molecule has 0 aliphatic rings. The molecule has 21 heavy (non-hydrogen) atoms. The second-order valence-corrected chi connectivity index (χ2v) is 7.17. The van der Waals surface area contributed by atoms with Gasteiger partial charge in [-0.1, -0.05) is 6.07 Å². The average Bonchev–Trinajstić information content (AvgIpc) is 2.28. The maximum Gasteiger partial charge on any atom is 0.390 e. The predicted octanol–water partition coefficient (Wildman–Crippen LogP) is 2.79. The Morgan fingerprint density at radius 2 is 1.95 bits per heavy atom. The van der Waals surface area contributed by atoms with Gasteiger partial charge in [-0.05, 0) is 47.6 Å². The van der Waals surface area contributed by atoms with Crippen LogP contribution in [-0.4, -0.2) is 27.7 Å². The Bertz CT molecular complexity index is 591. The van der Waals surface area contributed by atoms with Crippen molar-refractivity contribution < 1.29 is 21.6 Å². The summed E-state index contributed by atoms with van der Waals surface area (Å²) in [5.41, 5.74) is 0.713. The molecule has 0 saturated carbocycles. The van der Waals surface area contributed by atoms with E-state index in [4.69, 9.17) is 0 Å². The van der Waals surface area contributed by atoms with Crippen LogP contribution < -0.4 is 10.0 Å². The maximum atomic E-state index is 12.3. The summed E-state index contributed by atoms with van der Waals surface area (Å²) in [6.45, 7) is 1.63. The van der Waals surface area contributed by atoms with Gasteiger partial charge in [0.05, 0.1) is 11.3 Å². The van der Waals surface area contributed by atoms with Gasteiger partial charge in [-0.3, -0.25) is 0 Å². The minimum Gasteiger partial charge on any atom is -0.316 e. The smallest absolute Gasteiger partial charge is 0.316 e. The van der Waals surface area contributed by atoms with Crippen molar-refractivity contribution in [3.05, 3.63) is 28.2 Å². The number of halogens is 4. The van der Waals surface area contributed by atoms with Crippen LogP contribution in [0.3, 0.4) is 0 Å². The summed E-state index contributed by atoms with van der Waals surface area (Å²) in [6.07, 6.45) is -5.65. The molecule has 0 fully saturated rings. The lowest BCUT2D eigenvalue weighted by Crippen LogP contribution is -2.36. The molecule has 0 spiro atoms. The molecule has 0 aliphatic heterocycles. The highest BCUT2D eigenvalue weighted by molar-refractivity contribution is 9.10. The molecule has 0 aliphatic carbocycles. The highest BCUT2D eigenvalue weighted by Gasteiger charge is 2.32. The molecule has 0 aromatic heterocycles. The van der Waals surface area contributed by atoms with E-state index in [1.54, 1.807) is 19.2 Å². The minimum absolute atomic E-state index is 0.0794. The van der Waals surface area contributed by atoms with Crippen LogP contribution in [0.15, 0.2) is 27.6 Å². The number of sulfonamides is 1. The highest BCUT2D eigenvalue weighted by Crippen LogP contribution is 2.25. The van der Waals surface area contributed by atoms with Crippen LogP contribution in [0.2, 0.25) is 0 Å². The van der Waals surface area contributed by atoms with Gasteiger partial charge in [0.1, 0.15) is 0 Å². The molecule has 9 heteroatoms. The number of hydrogen-bond donors (Lipinski definition) is 2. The molecule has 4 nitrogen and oxygen atoms in total. The Hall–Kier alpha value is -0.640. The molecule has 1 aromatic carbocycles. The van der Waals surface area contributed by atoms with E-state index >= 15 is 0 Å². The zero-order valence-electron chi connectivity index (χ0n) is 11.5. The Morgan fingerprint density at radius 3 is 2.48 bits per heavy atom. The minimum atomic E-state index is -4.42. The Morgan fingerprint density at radius 1 is 1.33 bits per heavy atom. The molecule has 120 valence electrons. The van der Waals surface area contributed by atoms with Gasteiger partial charge in [0.15, 0.2) is 0 Å². The molecule has 0 heterocycles. The highest BCUT2D eigenvalue weighted by atomic mass is 79.9. The monoisotopic (exact) mass is 388 g/mol. The number of rotatable bonds is 6. The molecule has 0 bridgehead atoms. The molecular formula is C12H16BrF3N2O2S. The van der Waals surface area contributed by atoms with Gasteiger partial charge in [-0.25, -0.2) is 13.1 Å². The van der Waals surface area contributed by atoms with Crippen molar-refractivity contribution in [2.45, 2.75) is 37.0 Å². The largest absolute Gasteiger partial charge is 0.390 e. The van der Waals surface area contributed by atoms with Crippen molar-refractivity contribution in [2.75, 3.05) is 7.05 Å². The average molecular weight is 389 g/mol. The second kappa shape index (κ2) is 7.08. The number of benzene rings is 1.